The average molecular weight is 226 g/mol. The highest BCUT2D eigenvalue weighted by molar-refractivity contribution is 5.20. The van der Waals surface area contributed by atoms with Crippen LogP contribution in [-0.4, -0.2) is 31.9 Å². The zero-order chi connectivity index (χ0) is 11.8. The quantitative estimate of drug-likeness (QED) is 0.335. The predicted octanol–water partition coefficient (Wildman–Crippen LogP) is 2.27. The molecule has 0 bridgehead atoms. The first-order valence-electron chi connectivity index (χ1n) is 5.21. The third kappa shape index (κ3) is 3.90. The molecule has 1 rings (SSSR count). The van der Waals surface area contributed by atoms with Crippen LogP contribution in [0.25, 0.3) is 0 Å². The van der Waals surface area contributed by atoms with Crippen molar-refractivity contribution in [1.82, 2.24) is 0 Å². The van der Waals surface area contributed by atoms with E-state index < -0.39 is 0 Å². The fraction of sp³-hybridized carbons (Fsp3) is 0.500. The molecular weight excluding hydrogens is 208 g/mol. The SMILES string of the molecule is COCOCC(c1ccccc1)C(C)OO. The number of methoxy groups -OCH3 is 1. The standard InChI is InChI=1S/C12H18O4/c1-10(16-13)12(8-15-9-14-2)11-6-4-3-5-7-11/h3-7,10,12-13H,8-9H2,1-2H3. The van der Waals surface area contributed by atoms with Gasteiger partial charge in [-0.05, 0) is 12.5 Å². The smallest absolute Gasteiger partial charge is 0.146 e. The maximum absolute atomic E-state index is 8.74. The highest BCUT2D eigenvalue weighted by Crippen LogP contribution is 2.21. The summed E-state index contributed by atoms with van der Waals surface area (Å²) in [4.78, 5) is 4.38. The van der Waals surface area contributed by atoms with E-state index in [9.17, 15) is 0 Å². The average Bonchev–Trinajstić information content (AvgIpc) is 2.35. The molecule has 0 radical (unpaired) electrons. The first-order valence-corrected chi connectivity index (χ1v) is 5.21. The Balaban J connectivity index is 2.64. The number of hydrogen-bond acceptors (Lipinski definition) is 4. The lowest BCUT2D eigenvalue weighted by atomic mass is 9.95. The monoisotopic (exact) mass is 226 g/mol. The molecule has 90 valence electrons. The fourth-order valence-electron chi connectivity index (χ4n) is 1.53. The summed E-state index contributed by atoms with van der Waals surface area (Å²) in [6.07, 6.45) is -0.320. The third-order valence-electron chi connectivity index (χ3n) is 2.46. The molecule has 0 fully saturated rings. The molecule has 16 heavy (non-hydrogen) atoms. The second-order valence-electron chi connectivity index (χ2n) is 3.61. The largest absolute Gasteiger partial charge is 0.359 e. The van der Waals surface area contributed by atoms with E-state index in [1.54, 1.807) is 14.0 Å². The summed E-state index contributed by atoms with van der Waals surface area (Å²) in [5, 5.41) is 8.74. The van der Waals surface area contributed by atoms with Gasteiger partial charge in [0.05, 0.1) is 12.7 Å². The Morgan fingerprint density at radius 1 is 1.25 bits per heavy atom. The van der Waals surface area contributed by atoms with Gasteiger partial charge in [0, 0.05) is 13.0 Å². The minimum Gasteiger partial charge on any atom is -0.359 e. The first-order chi connectivity index (χ1) is 7.79. The van der Waals surface area contributed by atoms with Crippen molar-refractivity contribution in [2.24, 2.45) is 0 Å². The molecule has 1 N–H and O–H groups in total. The van der Waals surface area contributed by atoms with Crippen LogP contribution in [0.4, 0.5) is 0 Å². The van der Waals surface area contributed by atoms with Crippen LogP contribution in [0.1, 0.15) is 18.4 Å². The van der Waals surface area contributed by atoms with Gasteiger partial charge in [0.15, 0.2) is 0 Å². The summed E-state index contributed by atoms with van der Waals surface area (Å²) in [7, 11) is 1.57. The van der Waals surface area contributed by atoms with Crippen LogP contribution in [0.3, 0.4) is 0 Å². The van der Waals surface area contributed by atoms with E-state index in [-0.39, 0.29) is 18.8 Å². The van der Waals surface area contributed by atoms with Gasteiger partial charge < -0.3 is 9.47 Å². The van der Waals surface area contributed by atoms with Crippen LogP contribution >= 0.6 is 0 Å². The van der Waals surface area contributed by atoms with E-state index in [0.717, 1.165) is 5.56 Å². The van der Waals surface area contributed by atoms with E-state index in [1.165, 1.54) is 0 Å². The molecule has 0 heterocycles. The second-order valence-corrected chi connectivity index (χ2v) is 3.61. The second kappa shape index (κ2) is 7.35. The molecular formula is C12H18O4. The third-order valence-corrected chi connectivity index (χ3v) is 2.46. The molecule has 4 nitrogen and oxygen atoms in total. The molecule has 4 heteroatoms. The van der Waals surface area contributed by atoms with Crippen LogP contribution in [0.15, 0.2) is 30.3 Å². The molecule has 0 amide bonds. The molecule has 1 aromatic rings. The molecule has 2 unspecified atom stereocenters. The van der Waals surface area contributed by atoms with Crippen molar-refractivity contribution in [3.05, 3.63) is 35.9 Å². The first kappa shape index (κ1) is 13.1. The van der Waals surface area contributed by atoms with Gasteiger partial charge in [-0.1, -0.05) is 30.3 Å². The molecule has 0 spiro atoms. The summed E-state index contributed by atoms with van der Waals surface area (Å²) in [6, 6.07) is 9.80. The lowest BCUT2D eigenvalue weighted by molar-refractivity contribution is -0.281. The maximum Gasteiger partial charge on any atom is 0.146 e. The van der Waals surface area contributed by atoms with E-state index in [1.807, 2.05) is 30.3 Å². The highest BCUT2D eigenvalue weighted by atomic mass is 17.1. The number of hydrogen-bond donors (Lipinski definition) is 1. The van der Waals surface area contributed by atoms with Gasteiger partial charge in [-0.2, -0.15) is 0 Å². The van der Waals surface area contributed by atoms with Gasteiger partial charge in [0.25, 0.3) is 0 Å². The van der Waals surface area contributed by atoms with Crippen LogP contribution in [0.2, 0.25) is 0 Å². The van der Waals surface area contributed by atoms with Gasteiger partial charge in [0.2, 0.25) is 0 Å². The molecule has 2 atom stereocenters. The molecule has 1 aromatic carbocycles. The van der Waals surface area contributed by atoms with Gasteiger partial charge in [0.1, 0.15) is 6.79 Å². The lowest BCUT2D eigenvalue weighted by Crippen LogP contribution is -2.23. The molecule has 0 aliphatic heterocycles. The number of ether oxygens (including phenoxy) is 2. The Bertz CT molecular complexity index is 276. The summed E-state index contributed by atoms with van der Waals surface area (Å²) < 4.78 is 10.1. The van der Waals surface area contributed by atoms with E-state index in [0.29, 0.717) is 6.61 Å². The van der Waals surface area contributed by atoms with Crippen molar-refractivity contribution >= 4 is 0 Å². The lowest BCUT2D eigenvalue weighted by Gasteiger charge is -2.21. The zero-order valence-electron chi connectivity index (χ0n) is 9.63. The van der Waals surface area contributed by atoms with Gasteiger partial charge >= 0.3 is 0 Å². The number of benzene rings is 1. The highest BCUT2D eigenvalue weighted by Gasteiger charge is 2.20. The van der Waals surface area contributed by atoms with Gasteiger partial charge in [-0.15, -0.1) is 0 Å². The fourth-order valence-corrected chi connectivity index (χ4v) is 1.53. The molecule has 0 aromatic heterocycles. The Morgan fingerprint density at radius 2 is 1.94 bits per heavy atom. The Labute approximate surface area is 95.7 Å². The number of rotatable bonds is 7. The summed E-state index contributed by atoms with van der Waals surface area (Å²) >= 11 is 0. The van der Waals surface area contributed by atoms with Gasteiger partial charge in [-0.3, -0.25) is 5.26 Å². The minimum atomic E-state index is -0.320. The van der Waals surface area contributed by atoms with Crippen molar-refractivity contribution in [1.29, 1.82) is 0 Å². The van der Waals surface area contributed by atoms with Crippen LogP contribution < -0.4 is 0 Å². The Hall–Kier alpha value is -0.940. The van der Waals surface area contributed by atoms with E-state index >= 15 is 0 Å². The predicted molar refractivity (Wildman–Crippen MR) is 60.2 cm³/mol. The summed E-state index contributed by atoms with van der Waals surface area (Å²) in [5.41, 5.74) is 1.07. The summed E-state index contributed by atoms with van der Waals surface area (Å²) in [6.45, 7) is 2.48. The Kier molecular flexibility index (Phi) is 6.03. The van der Waals surface area contributed by atoms with E-state index in [2.05, 4.69) is 4.89 Å². The van der Waals surface area contributed by atoms with Crippen LogP contribution in [-0.2, 0) is 14.4 Å². The molecule has 0 saturated heterocycles. The van der Waals surface area contributed by atoms with Crippen molar-refractivity contribution in [3.8, 4) is 0 Å². The summed E-state index contributed by atoms with van der Waals surface area (Å²) in [5.74, 6) is -0.0126. The normalized spacial score (nSPS) is 14.7. The Morgan fingerprint density at radius 3 is 2.50 bits per heavy atom. The van der Waals surface area contributed by atoms with Crippen LogP contribution in [0.5, 0.6) is 0 Å². The molecule has 0 aliphatic carbocycles. The van der Waals surface area contributed by atoms with E-state index in [4.69, 9.17) is 14.7 Å². The van der Waals surface area contributed by atoms with Crippen molar-refractivity contribution in [3.63, 3.8) is 0 Å². The van der Waals surface area contributed by atoms with Crippen molar-refractivity contribution in [2.45, 2.75) is 18.9 Å². The van der Waals surface area contributed by atoms with Gasteiger partial charge in [-0.25, -0.2) is 4.89 Å². The van der Waals surface area contributed by atoms with Crippen molar-refractivity contribution < 1.29 is 19.6 Å². The topological polar surface area (TPSA) is 47.9 Å². The zero-order valence-corrected chi connectivity index (χ0v) is 9.63. The minimum absolute atomic E-state index is 0.0126. The maximum atomic E-state index is 8.74. The van der Waals surface area contributed by atoms with Crippen LogP contribution in [0, 0.1) is 0 Å². The molecule has 0 aliphatic rings. The molecule has 0 saturated carbocycles. The van der Waals surface area contributed by atoms with Crippen molar-refractivity contribution in [2.75, 3.05) is 20.5 Å².